The zero-order valence-corrected chi connectivity index (χ0v) is 17.1. The van der Waals surface area contributed by atoms with Gasteiger partial charge in [0.15, 0.2) is 5.11 Å². The fraction of sp³-hybridized carbons (Fsp3) is 0.300. The highest BCUT2D eigenvalue weighted by atomic mass is 35.5. The molecule has 0 spiro atoms. The number of halogens is 2. The molecule has 0 saturated carbocycles. The van der Waals surface area contributed by atoms with Crippen LogP contribution in [0.25, 0.3) is 0 Å². The van der Waals surface area contributed by atoms with Crippen LogP contribution in [0.1, 0.15) is 25.8 Å². The normalized spacial score (nSPS) is 11.6. The number of aryl methyl sites for hydroxylation is 1. The molecule has 7 heteroatoms. The van der Waals surface area contributed by atoms with Gasteiger partial charge in [0.25, 0.3) is 0 Å². The van der Waals surface area contributed by atoms with Gasteiger partial charge in [-0.25, -0.2) is 4.39 Å². The summed E-state index contributed by atoms with van der Waals surface area (Å²) in [6.45, 7) is 6.06. The summed E-state index contributed by atoms with van der Waals surface area (Å²) in [6.07, 6.45) is 0.804. The molecular formula is C20H23ClFN3OS. The molecule has 2 aromatic rings. The number of anilines is 2. The summed E-state index contributed by atoms with van der Waals surface area (Å²) in [4.78, 5) is 14.4. The second kappa shape index (κ2) is 9.67. The van der Waals surface area contributed by atoms with Gasteiger partial charge in [-0.2, -0.15) is 0 Å². The Hall–Kier alpha value is -2.18. The number of rotatable bonds is 6. The first-order valence-electron chi connectivity index (χ1n) is 8.72. The van der Waals surface area contributed by atoms with Crippen LogP contribution in [0.2, 0.25) is 5.02 Å². The Bertz CT molecular complexity index is 831. The van der Waals surface area contributed by atoms with E-state index < -0.39 is 6.04 Å². The van der Waals surface area contributed by atoms with Gasteiger partial charge < -0.3 is 15.5 Å². The lowest BCUT2D eigenvalue weighted by atomic mass is 10.2. The molecule has 0 aliphatic rings. The number of carbonyl (C=O) groups is 1. The van der Waals surface area contributed by atoms with Crippen molar-refractivity contribution in [2.24, 2.45) is 0 Å². The average Bonchev–Trinajstić information content (AvgIpc) is 2.62. The molecule has 4 nitrogen and oxygen atoms in total. The van der Waals surface area contributed by atoms with Crippen molar-refractivity contribution in [1.29, 1.82) is 0 Å². The van der Waals surface area contributed by atoms with Crippen LogP contribution in [0.5, 0.6) is 0 Å². The van der Waals surface area contributed by atoms with E-state index in [2.05, 4.69) is 10.6 Å². The van der Waals surface area contributed by atoms with Gasteiger partial charge >= 0.3 is 0 Å². The molecule has 1 atom stereocenters. The van der Waals surface area contributed by atoms with Crippen molar-refractivity contribution in [3.63, 3.8) is 0 Å². The minimum absolute atomic E-state index is 0.204. The number of nitrogens with zero attached hydrogens (tertiary/aromatic N) is 1. The maximum absolute atomic E-state index is 13.8. The van der Waals surface area contributed by atoms with Crippen molar-refractivity contribution in [3.8, 4) is 0 Å². The van der Waals surface area contributed by atoms with Crippen molar-refractivity contribution in [2.75, 3.05) is 17.2 Å². The maximum Gasteiger partial charge on any atom is 0.246 e. The fourth-order valence-electron chi connectivity index (χ4n) is 2.53. The molecule has 2 N–H and O–H groups in total. The summed E-state index contributed by atoms with van der Waals surface area (Å²) >= 11 is 11.4. The van der Waals surface area contributed by atoms with E-state index in [1.54, 1.807) is 55.1 Å². The molecule has 0 aliphatic carbocycles. The maximum atomic E-state index is 13.8. The molecule has 0 aromatic heterocycles. The third-order valence-electron chi connectivity index (χ3n) is 4.09. The van der Waals surface area contributed by atoms with Gasteiger partial charge in [0.2, 0.25) is 5.91 Å². The summed E-state index contributed by atoms with van der Waals surface area (Å²) in [7, 11) is 0. The van der Waals surface area contributed by atoms with Gasteiger partial charge in [-0.15, -0.1) is 0 Å². The average molecular weight is 408 g/mol. The topological polar surface area (TPSA) is 44.4 Å². The van der Waals surface area contributed by atoms with E-state index in [0.717, 1.165) is 6.42 Å². The quantitative estimate of drug-likeness (QED) is 0.644. The van der Waals surface area contributed by atoms with Crippen LogP contribution in [0.3, 0.4) is 0 Å². The zero-order chi connectivity index (χ0) is 20.0. The Morgan fingerprint density at radius 2 is 1.93 bits per heavy atom. The van der Waals surface area contributed by atoms with Crippen LogP contribution < -0.4 is 10.6 Å². The highest BCUT2D eigenvalue weighted by Crippen LogP contribution is 2.17. The van der Waals surface area contributed by atoms with E-state index in [9.17, 15) is 9.18 Å². The second-order valence-corrected chi connectivity index (χ2v) is 7.09. The summed E-state index contributed by atoms with van der Waals surface area (Å²) in [5.74, 6) is -0.512. The number of thiocarbonyl (C=S) groups is 1. The Balaban J connectivity index is 2.10. The van der Waals surface area contributed by atoms with Crippen LogP contribution in [0, 0.1) is 12.7 Å². The van der Waals surface area contributed by atoms with Gasteiger partial charge in [-0.05, 0) is 68.4 Å². The van der Waals surface area contributed by atoms with Gasteiger partial charge in [0, 0.05) is 22.9 Å². The van der Waals surface area contributed by atoms with Crippen molar-refractivity contribution in [1.82, 2.24) is 4.90 Å². The van der Waals surface area contributed by atoms with Crippen molar-refractivity contribution in [3.05, 3.63) is 58.9 Å². The summed E-state index contributed by atoms with van der Waals surface area (Å²) in [5.41, 5.74) is 1.73. The van der Waals surface area contributed by atoms with Gasteiger partial charge in [-0.1, -0.05) is 30.7 Å². The van der Waals surface area contributed by atoms with Crippen LogP contribution in [0.4, 0.5) is 15.8 Å². The molecule has 0 fully saturated rings. The number of hydrogen-bond acceptors (Lipinski definition) is 2. The first-order chi connectivity index (χ1) is 12.8. The minimum atomic E-state index is -0.515. The van der Waals surface area contributed by atoms with E-state index in [1.165, 1.54) is 6.07 Å². The lowest BCUT2D eigenvalue weighted by molar-refractivity contribution is -0.119. The highest BCUT2D eigenvalue weighted by molar-refractivity contribution is 7.80. The molecular weight excluding hydrogens is 385 g/mol. The number of amides is 1. The summed E-state index contributed by atoms with van der Waals surface area (Å²) in [6, 6.07) is 11.3. The third kappa shape index (κ3) is 5.91. The standard InChI is InChI=1S/C20H23ClFN3OS/c1-4-10-25(20(27)24-17-9-8-13(2)18(22)12-17)14(3)19(26)23-16-7-5-6-15(21)11-16/h5-9,11-12,14H,4,10H2,1-3H3,(H,23,26)(H,24,27)/t14-/m0/s1. The molecule has 2 aromatic carbocycles. The number of nitrogens with one attached hydrogen (secondary N) is 2. The molecule has 144 valence electrons. The smallest absolute Gasteiger partial charge is 0.246 e. The Morgan fingerprint density at radius 1 is 1.22 bits per heavy atom. The Morgan fingerprint density at radius 3 is 2.56 bits per heavy atom. The molecule has 27 heavy (non-hydrogen) atoms. The third-order valence-corrected chi connectivity index (χ3v) is 4.66. The van der Waals surface area contributed by atoms with Gasteiger partial charge in [-0.3, -0.25) is 4.79 Å². The second-order valence-electron chi connectivity index (χ2n) is 6.26. The molecule has 0 radical (unpaired) electrons. The lowest BCUT2D eigenvalue weighted by Gasteiger charge is -2.30. The molecule has 0 bridgehead atoms. The largest absolute Gasteiger partial charge is 0.337 e. The number of hydrogen-bond donors (Lipinski definition) is 2. The molecule has 2 rings (SSSR count). The van der Waals surface area contributed by atoms with Crippen LogP contribution >= 0.6 is 23.8 Å². The predicted octanol–water partition coefficient (Wildman–Crippen LogP) is 5.22. The molecule has 0 unspecified atom stereocenters. The van der Waals surface area contributed by atoms with Crippen LogP contribution in [-0.4, -0.2) is 28.5 Å². The van der Waals surface area contributed by atoms with Crippen molar-refractivity contribution < 1.29 is 9.18 Å². The predicted molar refractivity (Wildman–Crippen MR) is 114 cm³/mol. The first kappa shape index (κ1) is 21.1. The summed E-state index contributed by atoms with van der Waals surface area (Å²) in [5, 5.41) is 6.78. The van der Waals surface area contributed by atoms with E-state index in [0.29, 0.717) is 33.6 Å². The first-order valence-corrected chi connectivity index (χ1v) is 9.50. The van der Waals surface area contributed by atoms with E-state index in [-0.39, 0.29) is 11.7 Å². The number of benzene rings is 2. The van der Waals surface area contributed by atoms with Gasteiger partial charge in [0.1, 0.15) is 11.9 Å². The highest BCUT2D eigenvalue weighted by Gasteiger charge is 2.23. The zero-order valence-electron chi connectivity index (χ0n) is 15.6. The fourth-order valence-corrected chi connectivity index (χ4v) is 3.09. The van der Waals surface area contributed by atoms with Gasteiger partial charge in [0.05, 0.1) is 0 Å². The number of carbonyl (C=O) groups excluding carboxylic acids is 1. The monoisotopic (exact) mass is 407 g/mol. The minimum Gasteiger partial charge on any atom is -0.337 e. The molecule has 1 amide bonds. The van der Waals surface area contributed by atoms with Crippen LogP contribution in [0.15, 0.2) is 42.5 Å². The molecule has 0 heterocycles. The SMILES string of the molecule is CCCN(C(=S)Nc1ccc(C)c(F)c1)[C@@H](C)C(=O)Nc1cccc(Cl)c1. The van der Waals surface area contributed by atoms with Crippen molar-refractivity contribution >= 4 is 46.2 Å². The van der Waals surface area contributed by atoms with Crippen LogP contribution in [-0.2, 0) is 4.79 Å². The van der Waals surface area contributed by atoms with E-state index in [1.807, 2.05) is 6.92 Å². The Kier molecular flexibility index (Phi) is 7.56. The van der Waals surface area contributed by atoms with E-state index in [4.69, 9.17) is 23.8 Å². The molecule has 0 aliphatic heterocycles. The summed E-state index contributed by atoms with van der Waals surface area (Å²) < 4.78 is 13.8. The lowest BCUT2D eigenvalue weighted by Crippen LogP contribution is -2.47. The van der Waals surface area contributed by atoms with Crippen molar-refractivity contribution in [2.45, 2.75) is 33.2 Å². The van der Waals surface area contributed by atoms with E-state index >= 15 is 0 Å². The Labute approximate surface area is 169 Å². The molecule has 0 saturated heterocycles.